The summed E-state index contributed by atoms with van der Waals surface area (Å²) in [5, 5.41) is 1.56. The summed E-state index contributed by atoms with van der Waals surface area (Å²) in [7, 11) is 0. The Labute approximate surface area is 147 Å². The molecule has 0 spiro atoms. The molecule has 0 unspecified atom stereocenters. The van der Waals surface area contributed by atoms with Crippen molar-refractivity contribution in [2.75, 3.05) is 0 Å². The van der Waals surface area contributed by atoms with Crippen molar-refractivity contribution in [1.82, 2.24) is 9.97 Å². The number of benzene rings is 1. The number of aromatic nitrogens is 2. The van der Waals surface area contributed by atoms with Gasteiger partial charge in [-0.2, -0.15) is 0 Å². The van der Waals surface area contributed by atoms with E-state index in [1.807, 2.05) is 6.07 Å². The van der Waals surface area contributed by atoms with E-state index in [4.69, 9.17) is 34.8 Å². The van der Waals surface area contributed by atoms with Gasteiger partial charge >= 0.3 is 0 Å². The van der Waals surface area contributed by atoms with Crippen LogP contribution in [0, 0.1) is 9.49 Å². The fourth-order valence-corrected chi connectivity index (χ4v) is 2.92. The lowest BCUT2D eigenvalue weighted by molar-refractivity contribution is 0.632. The van der Waals surface area contributed by atoms with Gasteiger partial charge in [-0.3, -0.25) is 0 Å². The van der Waals surface area contributed by atoms with Gasteiger partial charge in [-0.05, 0) is 53.1 Å². The second-order valence-electron chi connectivity index (χ2n) is 4.82. The summed E-state index contributed by atoms with van der Waals surface area (Å²) < 4.78 is 0.895. The average molecular weight is 442 g/mol. The summed E-state index contributed by atoms with van der Waals surface area (Å²) in [6.07, 6.45) is 0.846. The molecule has 1 aromatic heterocycles. The minimum atomic E-state index is 0.456. The lowest BCUT2D eigenvalue weighted by Gasteiger charge is -2.11. The lowest BCUT2D eigenvalue weighted by Crippen LogP contribution is -2.04. The molecule has 0 amide bonds. The highest BCUT2D eigenvalue weighted by Gasteiger charge is 2.15. The van der Waals surface area contributed by atoms with Crippen LogP contribution in [0.5, 0.6) is 0 Å². The summed E-state index contributed by atoms with van der Waals surface area (Å²) in [5.41, 5.74) is 1.68. The van der Waals surface area contributed by atoms with Gasteiger partial charge < -0.3 is 0 Å². The van der Waals surface area contributed by atoms with E-state index in [1.54, 1.807) is 12.1 Å². The van der Waals surface area contributed by atoms with Crippen molar-refractivity contribution in [3.63, 3.8) is 0 Å². The van der Waals surface area contributed by atoms with E-state index in [1.165, 1.54) is 0 Å². The van der Waals surface area contributed by atoms with Crippen LogP contribution in [-0.4, -0.2) is 9.97 Å². The third kappa shape index (κ3) is 3.75. The van der Waals surface area contributed by atoms with Crippen molar-refractivity contribution in [2.24, 2.45) is 5.92 Å². The van der Waals surface area contributed by atoms with Crippen molar-refractivity contribution >= 4 is 57.4 Å². The zero-order chi connectivity index (χ0) is 14.9. The predicted octanol–water partition coefficient (Wildman–Crippen LogP) is 5.91. The van der Waals surface area contributed by atoms with Crippen LogP contribution in [0.25, 0.3) is 11.4 Å². The molecule has 20 heavy (non-hydrogen) atoms. The Morgan fingerprint density at radius 3 is 2.45 bits per heavy atom. The van der Waals surface area contributed by atoms with E-state index >= 15 is 0 Å². The Bertz CT molecular complexity index is 645. The number of hydrogen-bond acceptors (Lipinski definition) is 2. The van der Waals surface area contributed by atoms with Crippen LogP contribution < -0.4 is 0 Å². The molecule has 1 heterocycles. The molecular formula is C14H12Cl3IN2. The van der Waals surface area contributed by atoms with Gasteiger partial charge in [-0.15, -0.1) is 0 Å². The maximum atomic E-state index is 6.21. The summed E-state index contributed by atoms with van der Waals surface area (Å²) >= 11 is 20.5. The van der Waals surface area contributed by atoms with Gasteiger partial charge in [-0.1, -0.05) is 48.7 Å². The monoisotopic (exact) mass is 440 g/mol. The molecule has 0 fully saturated rings. The maximum absolute atomic E-state index is 6.21. The molecule has 0 N–H and O–H groups in total. The molecule has 0 aliphatic rings. The molecule has 0 atom stereocenters. The molecule has 0 bridgehead atoms. The molecule has 6 heteroatoms. The maximum Gasteiger partial charge on any atom is 0.162 e. The largest absolute Gasteiger partial charge is 0.232 e. The third-order valence-corrected chi connectivity index (χ3v) is 4.93. The smallest absolute Gasteiger partial charge is 0.162 e. The van der Waals surface area contributed by atoms with Crippen molar-refractivity contribution in [2.45, 2.75) is 20.3 Å². The second kappa shape index (κ2) is 6.77. The third-order valence-electron chi connectivity index (χ3n) is 2.65. The molecule has 106 valence electrons. The normalized spacial score (nSPS) is 11.2. The molecule has 2 rings (SSSR count). The first kappa shape index (κ1) is 16.3. The fraction of sp³-hybridized carbons (Fsp3) is 0.286. The van der Waals surface area contributed by atoms with Crippen LogP contribution in [0.1, 0.15) is 19.5 Å². The molecule has 2 aromatic rings. The van der Waals surface area contributed by atoms with Crippen LogP contribution in [0.3, 0.4) is 0 Å². The molecule has 0 radical (unpaired) electrons. The molecule has 0 saturated carbocycles. The zero-order valence-electron chi connectivity index (χ0n) is 10.9. The number of hydrogen-bond donors (Lipinski definition) is 0. The highest BCUT2D eigenvalue weighted by atomic mass is 127. The van der Waals surface area contributed by atoms with Crippen LogP contribution in [0.2, 0.25) is 15.2 Å². The Morgan fingerprint density at radius 2 is 1.85 bits per heavy atom. The van der Waals surface area contributed by atoms with Gasteiger partial charge in [0.05, 0.1) is 14.3 Å². The quantitative estimate of drug-likeness (QED) is 0.437. The minimum Gasteiger partial charge on any atom is -0.232 e. The summed E-state index contributed by atoms with van der Waals surface area (Å²) in [4.78, 5) is 8.92. The van der Waals surface area contributed by atoms with Gasteiger partial charge in [-0.25, -0.2) is 9.97 Å². The van der Waals surface area contributed by atoms with Crippen LogP contribution in [-0.2, 0) is 6.42 Å². The SMILES string of the molecule is CC(C)Cc1nc(-c2ccc(Cl)cc2Cl)nc(Cl)c1I. The van der Waals surface area contributed by atoms with E-state index in [0.29, 0.717) is 26.9 Å². The molecule has 0 saturated heterocycles. The minimum absolute atomic E-state index is 0.456. The Morgan fingerprint density at radius 1 is 1.15 bits per heavy atom. The Kier molecular flexibility index (Phi) is 5.51. The zero-order valence-corrected chi connectivity index (χ0v) is 15.3. The van der Waals surface area contributed by atoms with Crippen molar-refractivity contribution in [1.29, 1.82) is 0 Å². The molecule has 0 aliphatic heterocycles. The lowest BCUT2D eigenvalue weighted by atomic mass is 10.1. The highest BCUT2D eigenvalue weighted by molar-refractivity contribution is 14.1. The Balaban J connectivity index is 2.54. The van der Waals surface area contributed by atoms with Crippen LogP contribution in [0.4, 0.5) is 0 Å². The predicted molar refractivity (Wildman–Crippen MR) is 93.8 cm³/mol. The number of halogens is 4. The first-order valence-electron chi connectivity index (χ1n) is 6.05. The van der Waals surface area contributed by atoms with E-state index in [0.717, 1.165) is 21.2 Å². The second-order valence-corrected chi connectivity index (χ2v) is 7.10. The van der Waals surface area contributed by atoms with Gasteiger partial charge in [0, 0.05) is 10.6 Å². The summed E-state index contributed by atoms with van der Waals surface area (Å²) in [6.45, 7) is 4.28. The molecule has 1 aromatic carbocycles. The average Bonchev–Trinajstić information content (AvgIpc) is 2.34. The molecular weight excluding hydrogens is 429 g/mol. The van der Waals surface area contributed by atoms with Gasteiger partial charge in [0.2, 0.25) is 0 Å². The van der Waals surface area contributed by atoms with Gasteiger partial charge in [0.25, 0.3) is 0 Å². The van der Waals surface area contributed by atoms with Gasteiger partial charge in [0.15, 0.2) is 5.82 Å². The topological polar surface area (TPSA) is 25.8 Å². The van der Waals surface area contributed by atoms with E-state index < -0.39 is 0 Å². The number of nitrogens with zero attached hydrogens (tertiary/aromatic N) is 2. The Hall–Kier alpha value is -0.100. The van der Waals surface area contributed by atoms with E-state index in [2.05, 4.69) is 46.4 Å². The van der Waals surface area contributed by atoms with Crippen molar-refractivity contribution in [3.05, 3.63) is 42.7 Å². The molecule has 2 nitrogen and oxygen atoms in total. The first-order valence-corrected chi connectivity index (χ1v) is 8.27. The van der Waals surface area contributed by atoms with Crippen molar-refractivity contribution < 1.29 is 0 Å². The molecule has 0 aliphatic carbocycles. The number of rotatable bonds is 3. The summed E-state index contributed by atoms with van der Waals surface area (Å²) in [6, 6.07) is 5.25. The summed E-state index contributed by atoms with van der Waals surface area (Å²) in [5.74, 6) is 1.02. The highest BCUT2D eigenvalue weighted by Crippen LogP contribution is 2.31. The van der Waals surface area contributed by atoms with Crippen LogP contribution in [0.15, 0.2) is 18.2 Å². The van der Waals surface area contributed by atoms with Crippen LogP contribution >= 0.6 is 57.4 Å². The van der Waals surface area contributed by atoms with Gasteiger partial charge in [0.1, 0.15) is 5.15 Å². The standard InChI is InChI=1S/C14H12Cl3IN2/c1-7(2)5-11-12(18)13(17)20-14(19-11)9-4-3-8(15)6-10(9)16/h3-4,6-7H,5H2,1-2H3. The van der Waals surface area contributed by atoms with Crippen molar-refractivity contribution in [3.8, 4) is 11.4 Å². The van der Waals surface area contributed by atoms with E-state index in [-0.39, 0.29) is 0 Å². The first-order chi connectivity index (χ1) is 9.38. The van der Waals surface area contributed by atoms with E-state index in [9.17, 15) is 0 Å². The fourth-order valence-electron chi connectivity index (χ4n) is 1.78.